The van der Waals surface area contributed by atoms with E-state index in [4.69, 9.17) is 9.47 Å². The fourth-order valence-corrected chi connectivity index (χ4v) is 3.29. The molecule has 10 heteroatoms. The number of carbonyl (C=O) groups excluding carboxylic acids is 1. The Bertz CT molecular complexity index is 854. The van der Waals surface area contributed by atoms with E-state index in [1.807, 2.05) is 0 Å². The first-order chi connectivity index (χ1) is 14.1. The Morgan fingerprint density at radius 2 is 2.00 bits per heavy atom. The van der Waals surface area contributed by atoms with Crippen LogP contribution in [0.15, 0.2) is 24.7 Å². The monoisotopic (exact) mass is 403 g/mol. The molecule has 2 heterocycles. The molecule has 1 aromatic heterocycles. The molecule has 0 amide bonds. The standard InChI is InChI=1S/C19H25N5O5/c1-2-28-19(25)13-23-7-5-22(6-8-23)4-3-9-29-18-11-16-15(12-20-14-21-16)10-17(18)24(26)27/h10-12,14H,2-9,13H2,1H3. The highest BCUT2D eigenvalue weighted by molar-refractivity contribution is 5.82. The van der Waals surface area contributed by atoms with E-state index in [9.17, 15) is 14.9 Å². The molecule has 1 fully saturated rings. The number of carbonyl (C=O) groups is 1. The van der Waals surface area contributed by atoms with Gasteiger partial charge in [-0.2, -0.15) is 0 Å². The molecule has 0 spiro atoms. The second-order valence-electron chi connectivity index (χ2n) is 6.78. The number of fused-ring (bicyclic) bond motifs is 1. The van der Waals surface area contributed by atoms with E-state index in [0.29, 0.717) is 30.7 Å². The predicted octanol–water partition coefficient (Wildman–Crippen LogP) is 1.49. The molecular weight excluding hydrogens is 378 g/mol. The molecule has 1 aromatic carbocycles. The van der Waals surface area contributed by atoms with Gasteiger partial charge in [-0.25, -0.2) is 9.97 Å². The second-order valence-corrected chi connectivity index (χ2v) is 6.78. The Balaban J connectivity index is 1.45. The van der Waals surface area contributed by atoms with Crippen LogP contribution in [-0.4, -0.2) is 83.1 Å². The van der Waals surface area contributed by atoms with Gasteiger partial charge in [-0.3, -0.25) is 19.8 Å². The number of nitro benzene ring substituents is 1. The minimum atomic E-state index is -0.454. The van der Waals surface area contributed by atoms with Gasteiger partial charge in [0.25, 0.3) is 0 Å². The number of esters is 1. The lowest BCUT2D eigenvalue weighted by molar-refractivity contribution is -0.385. The number of benzene rings is 1. The summed E-state index contributed by atoms with van der Waals surface area (Å²) in [5.41, 5.74) is 0.526. The minimum absolute atomic E-state index is 0.0834. The van der Waals surface area contributed by atoms with Crippen molar-refractivity contribution in [3.05, 3.63) is 34.8 Å². The van der Waals surface area contributed by atoms with Gasteiger partial charge in [0.05, 0.1) is 30.2 Å². The zero-order valence-electron chi connectivity index (χ0n) is 16.5. The highest BCUT2D eigenvalue weighted by atomic mass is 16.6. The molecule has 0 N–H and O–H groups in total. The van der Waals surface area contributed by atoms with E-state index in [1.54, 1.807) is 19.2 Å². The molecule has 29 heavy (non-hydrogen) atoms. The number of hydrogen-bond acceptors (Lipinski definition) is 9. The van der Waals surface area contributed by atoms with Crippen LogP contribution in [0.25, 0.3) is 10.9 Å². The van der Waals surface area contributed by atoms with Crippen molar-refractivity contribution in [1.29, 1.82) is 0 Å². The number of aromatic nitrogens is 2. The highest BCUT2D eigenvalue weighted by Gasteiger charge is 2.20. The zero-order chi connectivity index (χ0) is 20.6. The Morgan fingerprint density at radius 1 is 1.24 bits per heavy atom. The zero-order valence-corrected chi connectivity index (χ0v) is 16.5. The van der Waals surface area contributed by atoms with Gasteiger partial charge in [0.15, 0.2) is 5.75 Å². The summed E-state index contributed by atoms with van der Waals surface area (Å²) in [6.45, 7) is 7.11. The summed E-state index contributed by atoms with van der Waals surface area (Å²) >= 11 is 0. The molecule has 0 radical (unpaired) electrons. The number of nitro groups is 1. The van der Waals surface area contributed by atoms with E-state index < -0.39 is 4.92 Å². The maximum Gasteiger partial charge on any atom is 0.320 e. The lowest BCUT2D eigenvalue weighted by atomic mass is 10.2. The summed E-state index contributed by atoms with van der Waals surface area (Å²) in [5, 5.41) is 11.9. The summed E-state index contributed by atoms with van der Waals surface area (Å²) < 4.78 is 10.7. The molecule has 0 bridgehead atoms. The smallest absolute Gasteiger partial charge is 0.320 e. The molecule has 0 unspecified atom stereocenters. The molecule has 1 aliphatic heterocycles. The van der Waals surface area contributed by atoms with Gasteiger partial charge in [-0.1, -0.05) is 0 Å². The quantitative estimate of drug-likeness (QED) is 0.266. The molecular formula is C19H25N5O5. The van der Waals surface area contributed by atoms with Crippen LogP contribution in [0.3, 0.4) is 0 Å². The van der Waals surface area contributed by atoms with Crippen LogP contribution in [0, 0.1) is 10.1 Å². The van der Waals surface area contributed by atoms with Crippen molar-refractivity contribution in [2.75, 3.05) is 52.5 Å². The summed E-state index contributed by atoms with van der Waals surface area (Å²) in [4.78, 5) is 34.8. The first kappa shape index (κ1) is 20.9. The minimum Gasteiger partial charge on any atom is -0.487 e. The van der Waals surface area contributed by atoms with Gasteiger partial charge in [-0.05, 0) is 13.3 Å². The average Bonchev–Trinajstić information content (AvgIpc) is 2.72. The van der Waals surface area contributed by atoms with Crippen molar-refractivity contribution < 1.29 is 19.2 Å². The van der Waals surface area contributed by atoms with Crippen molar-refractivity contribution in [2.45, 2.75) is 13.3 Å². The Hall–Kier alpha value is -2.85. The topological polar surface area (TPSA) is 111 Å². The maximum absolute atomic E-state index is 11.5. The van der Waals surface area contributed by atoms with Crippen LogP contribution in [0.2, 0.25) is 0 Å². The Kier molecular flexibility index (Phi) is 7.25. The fourth-order valence-electron chi connectivity index (χ4n) is 3.29. The molecule has 10 nitrogen and oxygen atoms in total. The van der Waals surface area contributed by atoms with Crippen molar-refractivity contribution >= 4 is 22.6 Å². The first-order valence-electron chi connectivity index (χ1n) is 9.68. The average molecular weight is 403 g/mol. The van der Waals surface area contributed by atoms with Gasteiger partial charge in [0, 0.05) is 56.4 Å². The van der Waals surface area contributed by atoms with Gasteiger partial charge < -0.3 is 14.4 Å². The number of ether oxygens (including phenoxy) is 2. The van der Waals surface area contributed by atoms with Crippen molar-refractivity contribution in [1.82, 2.24) is 19.8 Å². The predicted molar refractivity (Wildman–Crippen MR) is 106 cm³/mol. The van der Waals surface area contributed by atoms with Crippen LogP contribution in [0.4, 0.5) is 5.69 Å². The lowest BCUT2D eigenvalue weighted by Gasteiger charge is -2.34. The summed E-state index contributed by atoms with van der Waals surface area (Å²) in [5.74, 6) is 0.0389. The van der Waals surface area contributed by atoms with Crippen LogP contribution >= 0.6 is 0 Å². The number of nitrogens with zero attached hydrogens (tertiary/aromatic N) is 5. The van der Waals surface area contributed by atoms with Crippen LogP contribution < -0.4 is 4.74 Å². The van der Waals surface area contributed by atoms with E-state index >= 15 is 0 Å². The van der Waals surface area contributed by atoms with Crippen molar-refractivity contribution in [3.63, 3.8) is 0 Å². The normalized spacial score (nSPS) is 15.3. The highest BCUT2D eigenvalue weighted by Crippen LogP contribution is 2.31. The second kappa shape index (κ2) is 10.1. The number of piperazine rings is 1. The van der Waals surface area contributed by atoms with Crippen LogP contribution in [0.5, 0.6) is 5.75 Å². The van der Waals surface area contributed by atoms with E-state index in [1.165, 1.54) is 12.4 Å². The molecule has 1 saturated heterocycles. The van der Waals surface area contributed by atoms with E-state index in [-0.39, 0.29) is 17.4 Å². The number of rotatable bonds is 9. The maximum atomic E-state index is 11.5. The third kappa shape index (κ3) is 5.81. The van der Waals surface area contributed by atoms with Crippen LogP contribution in [-0.2, 0) is 9.53 Å². The molecule has 0 saturated carbocycles. The van der Waals surface area contributed by atoms with Crippen molar-refractivity contribution in [3.8, 4) is 5.75 Å². The van der Waals surface area contributed by atoms with Gasteiger partial charge in [0.1, 0.15) is 6.33 Å². The van der Waals surface area contributed by atoms with E-state index in [2.05, 4.69) is 19.8 Å². The molecule has 2 aromatic rings. The van der Waals surface area contributed by atoms with Gasteiger partial charge >= 0.3 is 11.7 Å². The molecule has 0 atom stereocenters. The SMILES string of the molecule is CCOC(=O)CN1CCN(CCCOc2cc3ncncc3cc2[N+](=O)[O-])CC1. The third-order valence-corrected chi connectivity index (χ3v) is 4.78. The third-order valence-electron chi connectivity index (χ3n) is 4.78. The van der Waals surface area contributed by atoms with Gasteiger partial charge in [0.2, 0.25) is 0 Å². The van der Waals surface area contributed by atoms with E-state index in [0.717, 1.165) is 39.1 Å². The molecule has 3 rings (SSSR count). The molecule has 156 valence electrons. The largest absolute Gasteiger partial charge is 0.487 e. The lowest BCUT2D eigenvalue weighted by Crippen LogP contribution is -2.48. The van der Waals surface area contributed by atoms with Gasteiger partial charge in [-0.15, -0.1) is 0 Å². The van der Waals surface area contributed by atoms with Crippen molar-refractivity contribution in [2.24, 2.45) is 0 Å². The fraction of sp³-hybridized carbons (Fsp3) is 0.526. The summed E-state index contributed by atoms with van der Waals surface area (Å²) in [6, 6.07) is 3.02. The summed E-state index contributed by atoms with van der Waals surface area (Å²) in [7, 11) is 0. The number of hydrogen-bond donors (Lipinski definition) is 0. The Labute approximate surface area is 168 Å². The van der Waals surface area contributed by atoms with Crippen LogP contribution in [0.1, 0.15) is 13.3 Å². The summed E-state index contributed by atoms with van der Waals surface area (Å²) in [6.07, 6.45) is 3.69. The first-order valence-corrected chi connectivity index (χ1v) is 9.68. The molecule has 1 aliphatic rings. The Morgan fingerprint density at radius 3 is 2.72 bits per heavy atom. The molecule has 0 aliphatic carbocycles.